The largest absolute Gasteiger partial charge is 0.309 e. The summed E-state index contributed by atoms with van der Waals surface area (Å²) in [5, 5.41) is 5.02. The molecule has 2 nitrogen and oxygen atoms in total. The molecule has 38 heavy (non-hydrogen) atoms. The molecule has 8 aromatic rings. The van der Waals surface area contributed by atoms with Crippen molar-refractivity contribution in [3.8, 4) is 27.9 Å². The molecule has 0 bridgehead atoms. The summed E-state index contributed by atoms with van der Waals surface area (Å²) in [6.45, 7) is 0. The minimum atomic E-state index is 1.17. The van der Waals surface area contributed by atoms with Gasteiger partial charge in [-0.1, -0.05) is 97.1 Å². The van der Waals surface area contributed by atoms with Crippen molar-refractivity contribution in [2.24, 2.45) is 0 Å². The highest BCUT2D eigenvalue weighted by molar-refractivity contribution is 7.26. The van der Waals surface area contributed by atoms with Crippen LogP contribution in [0.3, 0.4) is 0 Å². The zero-order chi connectivity index (χ0) is 25.1. The van der Waals surface area contributed by atoms with E-state index in [4.69, 9.17) is 4.98 Å². The van der Waals surface area contributed by atoms with E-state index in [0.29, 0.717) is 0 Å². The Morgan fingerprint density at radius 2 is 1.00 bits per heavy atom. The van der Waals surface area contributed by atoms with Crippen LogP contribution in [0.4, 0.5) is 0 Å². The molecule has 8 rings (SSSR count). The summed E-state index contributed by atoms with van der Waals surface area (Å²) in [5.41, 5.74) is 8.39. The third-order valence-electron chi connectivity index (χ3n) is 7.52. The van der Waals surface area contributed by atoms with E-state index in [1.807, 2.05) is 23.7 Å². The van der Waals surface area contributed by atoms with Crippen LogP contribution in [0.25, 0.3) is 69.9 Å². The van der Waals surface area contributed by atoms with Gasteiger partial charge in [0.2, 0.25) is 0 Å². The molecule has 0 N–H and O–H groups in total. The van der Waals surface area contributed by atoms with Gasteiger partial charge in [0, 0.05) is 54.5 Å². The van der Waals surface area contributed by atoms with Gasteiger partial charge < -0.3 is 4.57 Å². The Morgan fingerprint density at radius 1 is 0.447 bits per heavy atom. The number of nitrogens with zero attached hydrogens (tertiary/aromatic N) is 2. The first kappa shape index (κ1) is 21.4. The lowest BCUT2D eigenvalue weighted by Gasteiger charge is -2.17. The van der Waals surface area contributed by atoms with E-state index < -0.39 is 0 Å². The maximum atomic E-state index is 4.70. The summed E-state index contributed by atoms with van der Waals surface area (Å²) in [6.07, 6.45) is 4.03. The second-order valence-electron chi connectivity index (χ2n) is 9.59. The Kier molecular flexibility index (Phi) is 4.73. The van der Waals surface area contributed by atoms with Crippen LogP contribution in [-0.4, -0.2) is 9.55 Å². The lowest BCUT2D eigenvalue weighted by molar-refractivity contribution is 1.18. The summed E-state index contributed by atoms with van der Waals surface area (Å²) in [6, 6.07) is 43.5. The van der Waals surface area contributed by atoms with Gasteiger partial charge in [-0.3, -0.25) is 4.98 Å². The highest BCUT2D eigenvalue weighted by Crippen LogP contribution is 2.44. The lowest BCUT2D eigenvalue weighted by Crippen LogP contribution is -1.98. The van der Waals surface area contributed by atoms with E-state index in [9.17, 15) is 0 Å². The van der Waals surface area contributed by atoms with Crippen LogP contribution in [0.1, 0.15) is 0 Å². The quantitative estimate of drug-likeness (QED) is 0.235. The van der Waals surface area contributed by atoms with Gasteiger partial charge in [0.15, 0.2) is 0 Å². The molecular formula is C35H22N2S. The van der Waals surface area contributed by atoms with Gasteiger partial charge in [0.1, 0.15) is 0 Å². The number of thiophene rings is 1. The molecule has 5 aromatic carbocycles. The van der Waals surface area contributed by atoms with Crippen molar-refractivity contribution in [2.75, 3.05) is 0 Å². The minimum absolute atomic E-state index is 1.17. The van der Waals surface area contributed by atoms with E-state index in [1.54, 1.807) is 0 Å². The topological polar surface area (TPSA) is 17.8 Å². The van der Waals surface area contributed by atoms with Crippen molar-refractivity contribution in [3.63, 3.8) is 0 Å². The van der Waals surface area contributed by atoms with Gasteiger partial charge in [0.05, 0.1) is 16.7 Å². The van der Waals surface area contributed by atoms with Crippen LogP contribution >= 0.6 is 11.3 Å². The van der Waals surface area contributed by atoms with E-state index in [2.05, 4.69) is 126 Å². The minimum Gasteiger partial charge on any atom is -0.309 e. The maximum Gasteiger partial charge on any atom is 0.0541 e. The number of fused-ring (bicyclic) bond motifs is 6. The number of benzene rings is 5. The van der Waals surface area contributed by atoms with Gasteiger partial charge in [-0.15, -0.1) is 11.3 Å². The van der Waals surface area contributed by atoms with E-state index in [0.717, 1.165) is 0 Å². The van der Waals surface area contributed by atoms with E-state index in [-0.39, 0.29) is 0 Å². The molecule has 0 radical (unpaired) electrons. The molecule has 178 valence electrons. The molecular weight excluding hydrogens is 480 g/mol. The van der Waals surface area contributed by atoms with Gasteiger partial charge in [-0.25, -0.2) is 0 Å². The third-order valence-corrected chi connectivity index (χ3v) is 8.74. The predicted molar refractivity (Wildman–Crippen MR) is 162 cm³/mol. The summed E-state index contributed by atoms with van der Waals surface area (Å²) < 4.78 is 4.98. The smallest absolute Gasteiger partial charge is 0.0541 e. The Labute approximate surface area is 224 Å². The summed E-state index contributed by atoms with van der Waals surface area (Å²) in [7, 11) is 0. The SMILES string of the molecule is c1ccc(-c2cncc3c2sc2ccccc23)c(-c2ccccc2-n2c3ccccc3c3ccccc32)c1. The molecule has 0 aliphatic rings. The molecule has 0 amide bonds. The van der Waals surface area contributed by atoms with Crippen molar-refractivity contribution in [2.45, 2.75) is 0 Å². The zero-order valence-electron chi connectivity index (χ0n) is 20.5. The molecule has 0 aliphatic heterocycles. The molecule has 0 saturated heterocycles. The highest BCUT2D eigenvalue weighted by atomic mass is 32.1. The predicted octanol–water partition coefficient (Wildman–Crippen LogP) is 9.88. The van der Waals surface area contributed by atoms with Gasteiger partial charge >= 0.3 is 0 Å². The van der Waals surface area contributed by atoms with Gasteiger partial charge in [0.25, 0.3) is 0 Å². The number of aromatic nitrogens is 2. The lowest BCUT2D eigenvalue weighted by atomic mass is 9.93. The van der Waals surface area contributed by atoms with Crippen LogP contribution in [0.2, 0.25) is 0 Å². The first-order valence-electron chi connectivity index (χ1n) is 12.8. The monoisotopic (exact) mass is 502 g/mol. The van der Waals surface area contributed by atoms with Crippen molar-refractivity contribution in [1.29, 1.82) is 0 Å². The second-order valence-corrected chi connectivity index (χ2v) is 10.6. The molecule has 3 aromatic heterocycles. The summed E-state index contributed by atoms with van der Waals surface area (Å²) in [4.78, 5) is 4.70. The van der Waals surface area contributed by atoms with Crippen molar-refractivity contribution >= 4 is 53.3 Å². The maximum absolute atomic E-state index is 4.70. The van der Waals surface area contributed by atoms with Crippen LogP contribution in [0.15, 0.2) is 134 Å². The number of para-hydroxylation sites is 3. The van der Waals surface area contributed by atoms with Crippen molar-refractivity contribution < 1.29 is 0 Å². The number of pyridine rings is 1. The van der Waals surface area contributed by atoms with E-state index in [1.165, 1.54) is 69.9 Å². The van der Waals surface area contributed by atoms with Crippen LogP contribution < -0.4 is 0 Å². The molecule has 0 aliphatic carbocycles. The van der Waals surface area contributed by atoms with Crippen LogP contribution in [0.5, 0.6) is 0 Å². The Hall–Kier alpha value is -4.73. The van der Waals surface area contributed by atoms with Crippen molar-refractivity contribution in [3.05, 3.63) is 134 Å². The third kappa shape index (κ3) is 3.09. The molecule has 3 heterocycles. The fourth-order valence-electron chi connectivity index (χ4n) is 5.86. The zero-order valence-corrected chi connectivity index (χ0v) is 21.3. The molecule has 0 atom stereocenters. The average molecular weight is 503 g/mol. The van der Waals surface area contributed by atoms with Gasteiger partial charge in [-0.2, -0.15) is 0 Å². The Morgan fingerprint density at radius 3 is 1.74 bits per heavy atom. The fraction of sp³-hybridized carbons (Fsp3) is 0. The van der Waals surface area contributed by atoms with Crippen molar-refractivity contribution in [1.82, 2.24) is 9.55 Å². The first-order valence-corrected chi connectivity index (χ1v) is 13.6. The second kappa shape index (κ2) is 8.41. The number of hydrogen-bond acceptors (Lipinski definition) is 2. The molecule has 0 unspecified atom stereocenters. The first-order chi connectivity index (χ1) is 18.9. The standard InChI is InChI=1S/C35H22N2S/c1-2-12-24(29-21-36-22-30-28-16-6-10-20-34(28)38-35(29)30)23(11-1)25-13-3-7-17-31(25)37-32-18-8-4-14-26(32)27-15-5-9-19-33(27)37/h1-22H. The number of hydrogen-bond donors (Lipinski definition) is 0. The highest BCUT2D eigenvalue weighted by Gasteiger charge is 2.18. The van der Waals surface area contributed by atoms with Crippen LogP contribution in [-0.2, 0) is 0 Å². The Balaban J connectivity index is 1.43. The molecule has 0 saturated carbocycles. The molecule has 0 spiro atoms. The summed E-state index contributed by atoms with van der Waals surface area (Å²) in [5.74, 6) is 0. The molecule has 3 heteroatoms. The van der Waals surface area contributed by atoms with Crippen LogP contribution in [0, 0.1) is 0 Å². The average Bonchev–Trinajstić information content (AvgIpc) is 3.53. The van der Waals surface area contributed by atoms with Gasteiger partial charge in [-0.05, 0) is 35.4 Å². The summed E-state index contributed by atoms with van der Waals surface area (Å²) >= 11 is 1.85. The molecule has 0 fully saturated rings. The van der Waals surface area contributed by atoms with E-state index >= 15 is 0 Å². The fourth-order valence-corrected chi connectivity index (χ4v) is 7.06. The number of rotatable bonds is 3. The Bertz CT molecular complexity index is 2090. The normalized spacial score (nSPS) is 11.7.